The molecule has 0 fully saturated rings. The summed E-state index contributed by atoms with van der Waals surface area (Å²) in [6.45, 7) is 4.01. The number of aliphatic hydroxyl groups is 4. The Morgan fingerprint density at radius 2 is 0.677 bits per heavy atom. The van der Waals surface area contributed by atoms with Gasteiger partial charge in [-0.2, -0.15) is 0 Å². The molecule has 0 saturated heterocycles. The maximum atomic E-state index is 12.6. The van der Waals surface area contributed by atoms with Crippen molar-refractivity contribution in [2.45, 2.75) is 308 Å². The Balaban J connectivity index is 3.59. The molecule has 0 radical (unpaired) electrons. The molecular weight excluding hydrogens is 767 g/mol. The van der Waals surface area contributed by atoms with Crippen LogP contribution in [0.15, 0.2) is 36.5 Å². The molecule has 0 aromatic heterocycles. The molecule has 0 aliphatic rings. The lowest BCUT2D eigenvalue weighted by Gasteiger charge is -2.27. The number of carbonyl (C=O) groups is 1. The number of allylic oxidation sites excluding steroid dienone is 6. The molecule has 0 saturated carbocycles. The van der Waals surface area contributed by atoms with Gasteiger partial charge in [-0.15, -0.1) is 0 Å². The fourth-order valence-electron chi connectivity index (χ4n) is 8.48. The van der Waals surface area contributed by atoms with Crippen molar-refractivity contribution in [2.75, 3.05) is 6.61 Å². The van der Waals surface area contributed by atoms with Crippen LogP contribution in [0.2, 0.25) is 0 Å². The Kier molecular flexibility index (Phi) is 49.3. The predicted octanol–water partition coefficient (Wildman–Crippen LogP) is 15.6. The molecule has 0 rings (SSSR count). The van der Waals surface area contributed by atoms with E-state index in [0.29, 0.717) is 19.3 Å². The third kappa shape index (κ3) is 43.8. The van der Waals surface area contributed by atoms with Gasteiger partial charge in [-0.05, 0) is 57.8 Å². The van der Waals surface area contributed by atoms with E-state index in [2.05, 4.69) is 55.6 Å². The summed E-state index contributed by atoms with van der Waals surface area (Å²) in [4.78, 5) is 12.6. The monoisotopic (exact) mass is 874 g/mol. The summed E-state index contributed by atoms with van der Waals surface area (Å²) in [6, 6.07) is -1.01. The Bertz CT molecular complexity index is 981. The van der Waals surface area contributed by atoms with E-state index in [4.69, 9.17) is 0 Å². The number of unbranched alkanes of at least 4 members (excludes halogenated alkanes) is 35. The highest BCUT2D eigenvalue weighted by molar-refractivity contribution is 5.80. The highest BCUT2D eigenvalue weighted by Gasteiger charge is 2.28. The smallest absolute Gasteiger partial charge is 0.249 e. The molecule has 4 atom stereocenters. The van der Waals surface area contributed by atoms with Crippen LogP contribution in [0.3, 0.4) is 0 Å². The second-order valence-corrected chi connectivity index (χ2v) is 18.9. The maximum absolute atomic E-state index is 12.6. The first-order valence-electron chi connectivity index (χ1n) is 27.4. The summed E-state index contributed by atoms with van der Waals surface area (Å²) < 4.78 is 0. The number of hydrogen-bond donors (Lipinski definition) is 5. The molecule has 0 spiro atoms. The zero-order valence-corrected chi connectivity index (χ0v) is 41.4. The number of nitrogens with one attached hydrogen (secondary N) is 1. The molecular formula is C56H107NO5. The van der Waals surface area contributed by atoms with Crippen molar-refractivity contribution >= 4 is 5.91 Å². The third-order valence-corrected chi connectivity index (χ3v) is 12.8. The molecule has 0 aliphatic heterocycles. The van der Waals surface area contributed by atoms with Crippen LogP contribution in [0.1, 0.15) is 284 Å². The molecule has 62 heavy (non-hydrogen) atoms. The van der Waals surface area contributed by atoms with Gasteiger partial charge in [0, 0.05) is 0 Å². The Morgan fingerprint density at radius 3 is 1.00 bits per heavy atom. The van der Waals surface area contributed by atoms with Crippen LogP contribution in [0.4, 0.5) is 0 Å². The van der Waals surface area contributed by atoms with Crippen LogP contribution in [0.25, 0.3) is 0 Å². The summed E-state index contributed by atoms with van der Waals surface area (Å²) in [5.74, 6) is -0.596. The van der Waals surface area contributed by atoms with Crippen LogP contribution in [0, 0.1) is 0 Å². The summed E-state index contributed by atoms with van der Waals surface area (Å²) >= 11 is 0. The first kappa shape index (κ1) is 60.5. The quantitative estimate of drug-likeness (QED) is 0.0309. The van der Waals surface area contributed by atoms with Crippen molar-refractivity contribution in [1.29, 1.82) is 0 Å². The number of hydrogen-bond acceptors (Lipinski definition) is 5. The molecule has 6 nitrogen and oxygen atoms in total. The normalized spacial score (nSPS) is 14.1. The van der Waals surface area contributed by atoms with Crippen molar-refractivity contribution in [3.05, 3.63) is 36.5 Å². The van der Waals surface area contributed by atoms with E-state index in [1.807, 2.05) is 0 Å². The lowest BCUT2D eigenvalue weighted by molar-refractivity contribution is -0.132. The van der Waals surface area contributed by atoms with Crippen molar-refractivity contribution < 1.29 is 25.2 Å². The van der Waals surface area contributed by atoms with E-state index in [1.54, 1.807) is 0 Å². The van der Waals surface area contributed by atoms with Crippen molar-refractivity contribution in [3.63, 3.8) is 0 Å². The van der Waals surface area contributed by atoms with Crippen LogP contribution < -0.4 is 5.32 Å². The molecule has 0 aromatic rings. The van der Waals surface area contributed by atoms with Crippen LogP contribution in [-0.2, 0) is 4.79 Å². The molecule has 6 heteroatoms. The van der Waals surface area contributed by atoms with Gasteiger partial charge in [0.2, 0.25) is 5.91 Å². The average molecular weight is 874 g/mol. The molecule has 1 amide bonds. The van der Waals surface area contributed by atoms with Gasteiger partial charge in [0.1, 0.15) is 12.2 Å². The fraction of sp³-hybridized carbons (Fsp3) is 0.875. The van der Waals surface area contributed by atoms with Crippen molar-refractivity contribution in [2.24, 2.45) is 0 Å². The molecule has 366 valence electrons. The molecule has 4 unspecified atom stereocenters. The van der Waals surface area contributed by atoms with E-state index < -0.39 is 36.9 Å². The Morgan fingerprint density at radius 1 is 0.387 bits per heavy atom. The topological polar surface area (TPSA) is 110 Å². The van der Waals surface area contributed by atoms with Gasteiger partial charge in [0.05, 0.1) is 18.8 Å². The zero-order valence-electron chi connectivity index (χ0n) is 41.4. The van der Waals surface area contributed by atoms with E-state index in [9.17, 15) is 25.2 Å². The standard InChI is InChI=1S/C56H107NO5/c1-3-5-7-9-11-13-15-17-19-20-21-22-23-24-25-26-27-28-29-30-31-32-33-34-36-38-40-42-44-46-48-50-54(60)56(62)57-52(51-58)55(61)53(59)49-47-45-43-41-39-37-35-18-16-14-12-10-8-6-4-2/h10,12,18,35,41,43,52-55,58-61H,3-9,11,13-17,19-34,36-40,42,44-51H2,1-2H3,(H,57,62)/b12-10+,35-18+,43-41+. The predicted molar refractivity (Wildman–Crippen MR) is 270 cm³/mol. The van der Waals surface area contributed by atoms with Crippen LogP contribution >= 0.6 is 0 Å². The highest BCUT2D eigenvalue weighted by atomic mass is 16.3. The first-order chi connectivity index (χ1) is 30.5. The van der Waals surface area contributed by atoms with Gasteiger partial charge in [0.25, 0.3) is 0 Å². The maximum Gasteiger partial charge on any atom is 0.249 e. The zero-order chi connectivity index (χ0) is 45.2. The van der Waals surface area contributed by atoms with Gasteiger partial charge in [0.15, 0.2) is 0 Å². The fourth-order valence-corrected chi connectivity index (χ4v) is 8.48. The number of aliphatic hydroxyl groups excluding tert-OH is 4. The summed E-state index contributed by atoms with van der Waals surface area (Å²) in [5.41, 5.74) is 0. The van der Waals surface area contributed by atoms with Crippen LogP contribution in [-0.4, -0.2) is 57.3 Å². The van der Waals surface area contributed by atoms with E-state index >= 15 is 0 Å². The minimum absolute atomic E-state index is 0.362. The number of carbonyl (C=O) groups excluding carboxylic acids is 1. The average Bonchev–Trinajstić information content (AvgIpc) is 3.28. The first-order valence-corrected chi connectivity index (χ1v) is 27.4. The van der Waals surface area contributed by atoms with Gasteiger partial charge < -0.3 is 25.7 Å². The second kappa shape index (κ2) is 50.5. The van der Waals surface area contributed by atoms with Gasteiger partial charge in [-0.1, -0.05) is 262 Å². The summed E-state index contributed by atoms with van der Waals surface area (Å²) in [6.07, 6.45) is 62.2. The van der Waals surface area contributed by atoms with E-state index in [-0.39, 0.29) is 0 Å². The lowest BCUT2D eigenvalue weighted by atomic mass is 10.00. The van der Waals surface area contributed by atoms with Gasteiger partial charge in [-0.3, -0.25) is 4.79 Å². The lowest BCUT2D eigenvalue weighted by Crippen LogP contribution is -2.53. The third-order valence-electron chi connectivity index (χ3n) is 12.8. The number of amides is 1. The minimum Gasteiger partial charge on any atom is -0.394 e. The van der Waals surface area contributed by atoms with Crippen molar-refractivity contribution in [1.82, 2.24) is 5.32 Å². The largest absolute Gasteiger partial charge is 0.394 e. The van der Waals surface area contributed by atoms with E-state index in [0.717, 1.165) is 51.4 Å². The summed E-state index contributed by atoms with van der Waals surface area (Å²) in [7, 11) is 0. The van der Waals surface area contributed by atoms with E-state index in [1.165, 1.54) is 199 Å². The van der Waals surface area contributed by atoms with Gasteiger partial charge >= 0.3 is 0 Å². The number of rotatable bonds is 50. The minimum atomic E-state index is -1.29. The van der Waals surface area contributed by atoms with Gasteiger partial charge in [-0.25, -0.2) is 0 Å². The van der Waals surface area contributed by atoms with Crippen LogP contribution in [0.5, 0.6) is 0 Å². The second-order valence-electron chi connectivity index (χ2n) is 18.9. The highest BCUT2D eigenvalue weighted by Crippen LogP contribution is 2.18. The summed E-state index contributed by atoms with van der Waals surface area (Å²) in [5, 5.41) is 43.8. The Hall–Kier alpha value is -1.47. The molecule has 5 N–H and O–H groups in total. The molecule has 0 aromatic carbocycles. The molecule has 0 bridgehead atoms. The SMILES string of the molecule is CCCC/C=C/CC/C=C/CC/C=C/CCCC(O)C(O)C(CO)NC(=O)C(O)CCCCCCCCCCCCCCCCCCCCCCCCCCCCCCCCC. The Labute approximate surface area is 386 Å². The molecule has 0 heterocycles. The molecule has 0 aliphatic carbocycles. The van der Waals surface area contributed by atoms with Crippen molar-refractivity contribution in [3.8, 4) is 0 Å².